The van der Waals surface area contributed by atoms with Crippen molar-refractivity contribution in [1.29, 1.82) is 0 Å². The van der Waals surface area contributed by atoms with E-state index in [2.05, 4.69) is 10.2 Å². The Morgan fingerprint density at radius 2 is 1.93 bits per heavy atom. The zero-order valence-corrected chi connectivity index (χ0v) is 15.1. The molecule has 1 fully saturated rings. The standard InChI is InChI=1S/C20H18ClF3N2O/c21-14-8-7-13-10-12-4-1-2-5-15(12)18-16(25-19(27)20(22,23)24)6-3-9-26(18)17(13)11-14/h1-2,4-5,7-8,11,16,18H,3,6,9-10H2,(H,25,27)/t16-,18-/m0/s1. The van der Waals surface area contributed by atoms with Crippen molar-refractivity contribution in [2.24, 2.45) is 0 Å². The van der Waals surface area contributed by atoms with Crippen molar-refractivity contribution in [3.63, 3.8) is 0 Å². The van der Waals surface area contributed by atoms with Crippen molar-refractivity contribution in [3.05, 3.63) is 64.2 Å². The van der Waals surface area contributed by atoms with E-state index < -0.39 is 18.1 Å². The molecule has 2 atom stereocenters. The Balaban J connectivity index is 1.81. The number of amides is 1. The molecular formula is C20H18ClF3N2O. The molecule has 2 aromatic rings. The van der Waals surface area contributed by atoms with Gasteiger partial charge < -0.3 is 10.2 Å². The van der Waals surface area contributed by atoms with E-state index in [4.69, 9.17) is 11.6 Å². The van der Waals surface area contributed by atoms with Gasteiger partial charge in [-0.2, -0.15) is 13.2 Å². The number of nitrogens with one attached hydrogen (secondary N) is 1. The van der Waals surface area contributed by atoms with Crippen LogP contribution >= 0.6 is 11.6 Å². The van der Waals surface area contributed by atoms with Gasteiger partial charge in [-0.1, -0.05) is 41.9 Å². The highest BCUT2D eigenvalue weighted by Gasteiger charge is 2.44. The summed E-state index contributed by atoms with van der Waals surface area (Å²) >= 11 is 6.21. The number of alkyl halides is 3. The molecule has 0 unspecified atom stereocenters. The SMILES string of the molecule is O=C(N[C@H]1CCCN2c3cc(Cl)ccc3Cc3ccccc3[C@@H]12)C(F)(F)F. The topological polar surface area (TPSA) is 32.3 Å². The van der Waals surface area contributed by atoms with E-state index in [-0.39, 0.29) is 6.04 Å². The van der Waals surface area contributed by atoms with Gasteiger partial charge in [0.15, 0.2) is 0 Å². The molecule has 27 heavy (non-hydrogen) atoms. The number of carbonyl (C=O) groups excluding carboxylic acids is 1. The number of piperidine rings is 1. The van der Waals surface area contributed by atoms with E-state index in [9.17, 15) is 18.0 Å². The summed E-state index contributed by atoms with van der Waals surface area (Å²) in [6, 6.07) is 12.4. The normalized spacial score (nSPS) is 21.6. The van der Waals surface area contributed by atoms with Crippen molar-refractivity contribution in [3.8, 4) is 0 Å². The molecule has 0 aromatic heterocycles. The third-order valence-corrected chi connectivity index (χ3v) is 5.55. The van der Waals surface area contributed by atoms with Crippen LogP contribution in [0.4, 0.5) is 18.9 Å². The number of nitrogens with zero attached hydrogens (tertiary/aromatic N) is 1. The van der Waals surface area contributed by atoms with Gasteiger partial charge in [0.05, 0.1) is 12.1 Å². The van der Waals surface area contributed by atoms with Crippen molar-refractivity contribution in [2.45, 2.75) is 37.5 Å². The number of benzene rings is 2. The van der Waals surface area contributed by atoms with E-state index >= 15 is 0 Å². The maximum absolute atomic E-state index is 12.9. The quantitative estimate of drug-likeness (QED) is 0.764. The zero-order chi connectivity index (χ0) is 19.2. The van der Waals surface area contributed by atoms with Gasteiger partial charge >= 0.3 is 12.1 Å². The van der Waals surface area contributed by atoms with Crippen LogP contribution < -0.4 is 10.2 Å². The van der Waals surface area contributed by atoms with Crippen LogP contribution in [0.5, 0.6) is 0 Å². The second kappa shape index (κ2) is 6.75. The minimum atomic E-state index is -4.90. The van der Waals surface area contributed by atoms with E-state index in [0.717, 1.165) is 22.4 Å². The van der Waals surface area contributed by atoms with E-state index in [1.54, 1.807) is 0 Å². The average Bonchev–Trinajstić information content (AvgIpc) is 2.76. The van der Waals surface area contributed by atoms with Gasteiger partial charge in [0, 0.05) is 17.3 Å². The van der Waals surface area contributed by atoms with Gasteiger partial charge in [0.25, 0.3) is 0 Å². The predicted octanol–water partition coefficient (Wildman–Crippen LogP) is 4.63. The predicted molar refractivity (Wildman–Crippen MR) is 98.0 cm³/mol. The van der Waals surface area contributed by atoms with Gasteiger partial charge in [0.2, 0.25) is 0 Å². The van der Waals surface area contributed by atoms with Crippen LogP contribution in [0, 0.1) is 0 Å². The summed E-state index contributed by atoms with van der Waals surface area (Å²) in [5, 5.41) is 2.82. The fourth-order valence-electron chi connectivity index (χ4n) is 4.19. The summed E-state index contributed by atoms with van der Waals surface area (Å²) in [4.78, 5) is 13.7. The van der Waals surface area contributed by atoms with Crippen LogP contribution in [-0.2, 0) is 11.2 Å². The first kappa shape index (κ1) is 18.2. The summed E-state index contributed by atoms with van der Waals surface area (Å²) in [6.07, 6.45) is -3.04. The van der Waals surface area contributed by atoms with Crippen LogP contribution in [0.3, 0.4) is 0 Å². The molecule has 0 saturated carbocycles. The van der Waals surface area contributed by atoms with Crippen molar-refractivity contribution in [2.75, 3.05) is 11.4 Å². The Morgan fingerprint density at radius 1 is 1.15 bits per heavy atom. The number of anilines is 1. The fourth-order valence-corrected chi connectivity index (χ4v) is 4.36. The molecule has 2 aliphatic rings. The summed E-state index contributed by atoms with van der Waals surface area (Å²) in [5.41, 5.74) is 4.02. The van der Waals surface area contributed by atoms with Gasteiger partial charge in [-0.25, -0.2) is 0 Å². The Hall–Kier alpha value is -2.21. The van der Waals surface area contributed by atoms with Crippen LogP contribution in [0.15, 0.2) is 42.5 Å². The van der Waals surface area contributed by atoms with Crippen molar-refractivity contribution < 1.29 is 18.0 Å². The van der Waals surface area contributed by atoms with Crippen molar-refractivity contribution >= 4 is 23.2 Å². The number of carbonyl (C=O) groups is 1. The molecule has 1 saturated heterocycles. The lowest BCUT2D eigenvalue weighted by Crippen LogP contribution is -2.53. The van der Waals surface area contributed by atoms with Gasteiger partial charge in [-0.3, -0.25) is 4.79 Å². The van der Waals surface area contributed by atoms with E-state index in [0.29, 0.717) is 30.8 Å². The molecule has 142 valence electrons. The maximum atomic E-state index is 12.9. The zero-order valence-electron chi connectivity index (χ0n) is 14.4. The lowest BCUT2D eigenvalue weighted by atomic mass is 9.88. The third kappa shape index (κ3) is 3.38. The number of rotatable bonds is 1. The second-order valence-corrected chi connectivity index (χ2v) is 7.44. The number of fused-ring (bicyclic) bond motifs is 5. The molecule has 3 nitrogen and oxygen atoms in total. The van der Waals surface area contributed by atoms with Crippen molar-refractivity contribution in [1.82, 2.24) is 5.32 Å². The second-order valence-electron chi connectivity index (χ2n) is 7.01. The summed E-state index contributed by atoms with van der Waals surface area (Å²) in [6.45, 7) is 0.699. The largest absolute Gasteiger partial charge is 0.471 e. The molecule has 0 spiro atoms. The smallest absolute Gasteiger partial charge is 0.362 e. The molecule has 4 rings (SSSR count). The van der Waals surface area contributed by atoms with Gasteiger partial charge in [-0.15, -0.1) is 0 Å². The Bertz CT molecular complexity index is 884. The highest BCUT2D eigenvalue weighted by atomic mass is 35.5. The van der Waals surface area contributed by atoms with Gasteiger partial charge in [0.1, 0.15) is 0 Å². The molecule has 0 bridgehead atoms. The molecular weight excluding hydrogens is 377 g/mol. The molecule has 2 aromatic carbocycles. The minimum Gasteiger partial charge on any atom is -0.362 e. The lowest BCUT2D eigenvalue weighted by molar-refractivity contribution is -0.174. The number of hydrogen-bond donors (Lipinski definition) is 1. The first-order valence-corrected chi connectivity index (χ1v) is 9.23. The molecule has 2 heterocycles. The first-order valence-electron chi connectivity index (χ1n) is 8.85. The summed E-state index contributed by atoms with van der Waals surface area (Å²) in [5.74, 6) is -1.89. The number of hydrogen-bond acceptors (Lipinski definition) is 2. The summed E-state index contributed by atoms with van der Waals surface area (Å²) in [7, 11) is 0. The Labute approximate surface area is 160 Å². The lowest BCUT2D eigenvalue weighted by Gasteiger charge is -2.43. The average molecular weight is 395 g/mol. The van der Waals surface area contributed by atoms with Crippen LogP contribution in [0.1, 0.15) is 35.6 Å². The molecule has 1 amide bonds. The van der Waals surface area contributed by atoms with Crippen LogP contribution in [0.25, 0.3) is 0 Å². The van der Waals surface area contributed by atoms with E-state index in [1.165, 1.54) is 0 Å². The Morgan fingerprint density at radius 3 is 2.70 bits per heavy atom. The molecule has 2 aliphatic heterocycles. The Kier molecular flexibility index (Phi) is 4.54. The van der Waals surface area contributed by atoms with E-state index in [1.807, 2.05) is 42.5 Å². The molecule has 1 N–H and O–H groups in total. The molecule has 0 radical (unpaired) electrons. The number of halogens is 4. The van der Waals surface area contributed by atoms with Gasteiger partial charge in [-0.05, 0) is 48.1 Å². The molecule has 0 aliphatic carbocycles. The molecule has 7 heteroatoms. The first-order chi connectivity index (χ1) is 12.8. The summed E-state index contributed by atoms with van der Waals surface area (Å²) < 4.78 is 38.6. The highest BCUT2D eigenvalue weighted by molar-refractivity contribution is 6.30. The highest BCUT2D eigenvalue weighted by Crippen LogP contribution is 2.43. The monoisotopic (exact) mass is 394 g/mol. The fraction of sp³-hybridized carbons (Fsp3) is 0.350. The third-order valence-electron chi connectivity index (χ3n) is 5.32. The van der Waals surface area contributed by atoms with Crippen LogP contribution in [0.2, 0.25) is 5.02 Å². The van der Waals surface area contributed by atoms with Crippen LogP contribution in [-0.4, -0.2) is 24.7 Å². The maximum Gasteiger partial charge on any atom is 0.471 e. The minimum absolute atomic E-state index is 0.360.